The van der Waals surface area contributed by atoms with Crippen molar-refractivity contribution >= 4 is 22.6 Å². The smallest absolute Gasteiger partial charge is 0.131 e. The van der Waals surface area contributed by atoms with Gasteiger partial charge in [-0.05, 0) is 46.4 Å². The van der Waals surface area contributed by atoms with Crippen molar-refractivity contribution in [3.63, 3.8) is 0 Å². The summed E-state index contributed by atoms with van der Waals surface area (Å²) >= 11 is 2.19. The zero-order valence-electron chi connectivity index (χ0n) is 9.41. The van der Waals surface area contributed by atoms with Crippen LogP contribution < -0.4 is 0 Å². The third-order valence-corrected chi connectivity index (χ3v) is 3.38. The SMILES string of the molecule is OC(Cc1ccc(I)cc1)c1ccc(F)cc1F. The molecule has 2 rings (SSSR count). The fraction of sp³-hybridized carbons (Fsp3) is 0.143. The summed E-state index contributed by atoms with van der Waals surface area (Å²) in [6.45, 7) is 0. The largest absolute Gasteiger partial charge is 0.388 e. The van der Waals surface area contributed by atoms with Crippen molar-refractivity contribution < 1.29 is 13.9 Å². The molecule has 0 heterocycles. The van der Waals surface area contributed by atoms with Gasteiger partial charge in [-0.15, -0.1) is 0 Å². The number of halogens is 3. The second-order valence-electron chi connectivity index (χ2n) is 4.01. The van der Waals surface area contributed by atoms with Gasteiger partial charge in [-0.3, -0.25) is 0 Å². The van der Waals surface area contributed by atoms with E-state index in [-0.39, 0.29) is 5.56 Å². The van der Waals surface area contributed by atoms with Crippen molar-refractivity contribution in [2.75, 3.05) is 0 Å². The number of rotatable bonds is 3. The minimum Gasteiger partial charge on any atom is -0.388 e. The van der Waals surface area contributed by atoms with Gasteiger partial charge in [-0.1, -0.05) is 18.2 Å². The fourth-order valence-electron chi connectivity index (χ4n) is 1.73. The van der Waals surface area contributed by atoms with E-state index in [0.717, 1.165) is 21.3 Å². The Hall–Kier alpha value is -1.01. The maximum atomic E-state index is 13.5. The first-order valence-electron chi connectivity index (χ1n) is 5.44. The van der Waals surface area contributed by atoms with Gasteiger partial charge >= 0.3 is 0 Å². The molecule has 2 aromatic carbocycles. The molecule has 0 amide bonds. The second kappa shape index (κ2) is 5.75. The van der Waals surface area contributed by atoms with Gasteiger partial charge < -0.3 is 5.11 Å². The fourth-order valence-corrected chi connectivity index (χ4v) is 2.09. The molecular formula is C14H11F2IO. The van der Waals surface area contributed by atoms with E-state index in [2.05, 4.69) is 22.6 Å². The highest BCUT2D eigenvalue weighted by Crippen LogP contribution is 2.22. The number of aliphatic hydroxyl groups excluding tert-OH is 1. The van der Waals surface area contributed by atoms with Gasteiger partial charge in [0.15, 0.2) is 0 Å². The molecule has 94 valence electrons. The Morgan fingerprint density at radius 3 is 2.33 bits per heavy atom. The Labute approximate surface area is 118 Å². The summed E-state index contributed by atoms with van der Waals surface area (Å²) in [7, 11) is 0. The van der Waals surface area contributed by atoms with Crippen LogP contribution in [0.2, 0.25) is 0 Å². The summed E-state index contributed by atoms with van der Waals surface area (Å²) in [5, 5.41) is 9.95. The average Bonchev–Trinajstić information content (AvgIpc) is 2.32. The zero-order valence-corrected chi connectivity index (χ0v) is 11.6. The van der Waals surface area contributed by atoms with E-state index in [0.29, 0.717) is 6.42 Å². The van der Waals surface area contributed by atoms with E-state index in [9.17, 15) is 13.9 Å². The maximum Gasteiger partial charge on any atom is 0.131 e. The van der Waals surface area contributed by atoms with Gasteiger partial charge in [0.05, 0.1) is 6.10 Å². The summed E-state index contributed by atoms with van der Waals surface area (Å²) in [5.41, 5.74) is 1.03. The van der Waals surface area contributed by atoms with Crippen molar-refractivity contribution in [3.05, 3.63) is 68.8 Å². The molecule has 0 bridgehead atoms. The third-order valence-electron chi connectivity index (χ3n) is 2.66. The van der Waals surface area contributed by atoms with Gasteiger partial charge in [0, 0.05) is 21.6 Å². The van der Waals surface area contributed by atoms with Gasteiger partial charge in [0.25, 0.3) is 0 Å². The Balaban J connectivity index is 2.16. The molecule has 2 aromatic rings. The molecule has 0 radical (unpaired) electrons. The van der Waals surface area contributed by atoms with Crippen LogP contribution in [0.25, 0.3) is 0 Å². The topological polar surface area (TPSA) is 20.2 Å². The van der Waals surface area contributed by atoms with Crippen LogP contribution in [0, 0.1) is 15.2 Å². The molecule has 0 aliphatic heterocycles. The molecule has 1 atom stereocenters. The molecule has 0 saturated heterocycles. The van der Waals surface area contributed by atoms with Crippen LogP contribution in [-0.2, 0) is 6.42 Å². The Kier molecular flexibility index (Phi) is 4.29. The van der Waals surface area contributed by atoms with Crippen LogP contribution in [0.15, 0.2) is 42.5 Å². The molecule has 0 aliphatic rings. The van der Waals surface area contributed by atoms with E-state index >= 15 is 0 Å². The lowest BCUT2D eigenvalue weighted by Gasteiger charge is -2.12. The highest BCUT2D eigenvalue weighted by molar-refractivity contribution is 14.1. The molecule has 1 nitrogen and oxygen atoms in total. The predicted molar refractivity (Wildman–Crippen MR) is 74.2 cm³/mol. The Bertz CT molecular complexity index is 540. The standard InChI is InChI=1S/C14H11F2IO/c15-10-3-6-12(13(16)8-10)14(18)7-9-1-4-11(17)5-2-9/h1-6,8,14,18H,7H2. The van der Waals surface area contributed by atoms with E-state index in [1.807, 2.05) is 24.3 Å². The first kappa shape index (κ1) is 13.4. The summed E-state index contributed by atoms with van der Waals surface area (Å²) in [4.78, 5) is 0. The van der Waals surface area contributed by atoms with E-state index < -0.39 is 17.7 Å². The van der Waals surface area contributed by atoms with Crippen molar-refractivity contribution in [1.82, 2.24) is 0 Å². The van der Waals surface area contributed by atoms with Crippen molar-refractivity contribution in [3.8, 4) is 0 Å². The number of hydrogen-bond donors (Lipinski definition) is 1. The van der Waals surface area contributed by atoms with Crippen LogP contribution in [-0.4, -0.2) is 5.11 Å². The predicted octanol–water partition coefficient (Wildman–Crippen LogP) is 3.85. The van der Waals surface area contributed by atoms with Gasteiger partial charge in [0.2, 0.25) is 0 Å². The summed E-state index contributed by atoms with van der Waals surface area (Å²) in [6.07, 6.45) is -0.662. The lowest BCUT2D eigenvalue weighted by molar-refractivity contribution is 0.173. The van der Waals surface area contributed by atoms with Crippen molar-refractivity contribution in [2.45, 2.75) is 12.5 Å². The average molecular weight is 360 g/mol. The minimum atomic E-state index is -0.967. The highest BCUT2D eigenvalue weighted by Gasteiger charge is 2.14. The zero-order chi connectivity index (χ0) is 13.1. The molecule has 0 fully saturated rings. The molecule has 0 spiro atoms. The van der Waals surface area contributed by atoms with E-state index in [1.54, 1.807) is 0 Å². The Morgan fingerprint density at radius 2 is 1.72 bits per heavy atom. The quantitative estimate of drug-likeness (QED) is 0.825. The highest BCUT2D eigenvalue weighted by atomic mass is 127. The van der Waals surface area contributed by atoms with Crippen molar-refractivity contribution in [1.29, 1.82) is 0 Å². The van der Waals surface area contributed by atoms with Gasteiger partial charge in [-0.25, -0.2) is 8.78 Å². The molecule has 0 aromatic heterocycles. The van der Waals surface area contributed by atoms with Crippen LogP contribution in [0.3, 0.4) is 0 Å². The number of hydrogen-bond acceptors (Lipinski definition) is 1. The minimum absolute atomic E-state index is 0.120. The van der Waals surface area contributed by atoms with Crippen LogP contribution in [0.4, 0.5) is 8.78 Å². The molecule has 18 heavy (non-hydrogen) atoms. The molecular weight excluding hydrogens is 349 g/mol. The molecule has 1 unspecified atom stereocenters. The third kappa shape index (κ3) is 3.26. The summed E-state index contributed by atoms with van der Waals surface area (Å²) in [6, 6.07) is 10.8. The van der Waals surface area contributed by atoms with Gasteiger partial charge in [-0.2, -0.15) is 0 Å². The summed E-state index contributed by atoms with van der Waals surface area (Å²) < 4.78 is 27.3. The van der Waals surface area contributed by atoms with Crippen LogP contribution in [0.5, 0.6) is 0 Å². The summed E-state index contributed by atoms with van der Waals surface area (Å²) in [5.74, 6) is -1.36. The Morgan fingerprint density at radius 1 is 1.06 bits per heavy atom. The lowest BCUT2D eigenvalue weighted by Crippen LogP contribution is -2.04. The van der Waals surface area contributed by atoms with E-state index in [4.69, 9.17) is 0 Å². The number of aliphatic hydroxyl groups is 1. The van der Waals surface area contributed by atoms with Crippen molar-refractivity contribution in [2.24, 2.45) is 0 Å². The molecule has 0 aliphatic carbocycles. The van der Waals surface area contributed by atoms with Crippen LogP contribution in [0.1, 0.15) is 17.2 Å². The molecule has 1 N–H and O–H groups in total. The van der Waals surface area contributed by atoms with Crippen LogP contribution >= 0.6 is 22.6 Å². The molecule has 0 saturated carbocycles. The second-order valence-corrected chi connectivity index (χ2v) is 5.26. The molecule has 4 heteroatoms. The van der Waals surface area contributed by atoms with E-state index in [1.165, 1.54) is 6.07 Å². The lowest BCUT2D eigenvalue weighted by atomic mass is 10.0. The number of benzene rings is 2. The normalized spacial score (nSPS) is 12.4. The monoisotopic (exact) mass is 360 g/mol. The first-order valence-corrected chi connectivity index (χ1v) is 6.51. The maximum absolute atomic E-state index is 13.5. The van der Waals surface area contributed by atoms with Gasteiger partial charge in [0.1, 0.15) is 11.6 Å². The first-order chi connectivity index (χ1) is 8.56.